The number of pyridine rings is 1. The Morgan fingerprint density at radius 2 is 2.00 bits per heavy atom. The van der Waals surface area contributed by atoms with Gasteiger partial charge < -0.3 is 9.73 Å². The van der Waals surface area contributed by atoms with E-state index < -0.39 is 0 Å². The number of rotatable bonds is 3. The van der Waals surface area contributed by atoms with Crippen molar-refractivity contribution in [1.82, 2.24) is 15.6 Å². The largest absolute Gasteiger partial charge is 0.456 e. The first kappa shape index (κ1) is 15.9. The molecule has 7 heteroatoms. The van der Waals surface area contributed by atoms with E-state index in [0.717, 1.165) is 22.1 Å². The molecule has 1 saturated heterocycles. The number of aromatic nitrogens is 1. The van der Waals surface area contributed by atoms with E-state index in [4.69, 9.17) is 16.6 Å². The number of hydrogen-bond donors (Lipinski definition) is 2. The zero-order valence-corrected chi connectivity index (χ0v) is 14.8. The molecule has 0 aliphatic carbocycles. The van der Waals surface area contributed by atoms with Gasteiger partial charge in [-0.3, -0.25) is 15.1 Å². The molecule has 3 aromatic rings. The monoisotopic (exact) mass is 367 g/mol. The SMILES string of the molecule is CSc1ccc(-c2cncc3cc(/C=C4\NC(=S)NC4=O)oc23)cc1. The molecule has 1 aliphatic rings. The predicted octanol–water partition coefficient (Wildman–Crippen LogP) is 3.56. The van der Waals surface area contributed by atoms with Crippen LogP contribution in [0.25, 0.3) is 28.2 Å². The second kappa shape index (κ2) is 6.34. The van der Waals surface area contributed by atoms with Crippen molar-refractivity contribution in [2.24, 2.45) is 0 Å². The molecule has 0 saturated carbocycles. The molecule has 4 rings (SSSR count). The van der Waals surface area contributed by atoms with Gasteiger partial charge in [-0.2, -0.15) is 0 Å². The number of benzene rings is 1. The molecule has 124 valence electrons. The van der Waals surface area contributed by atoms with E-state index in [1.165, 1.54) is 4.90 Å². The Morgan fingerprint density at radius 3 is 2.68 bits per heavy atom. The van der Waals surface area contributed by atoms with Crippen LogP contribution in [0.3, 0.4) is 0 Å². The molecule has 2 aromatic heterocycles. The normalized spacial score (nSPS) is 15.6. The van der Waals surface area contributed by atoms with Gasteiger partial charge in [-0.05, 0) is 42.2 Å². The van der Waals surface area contributed by atoms with Crippen LogP contribution in [0.4, 0.5) is 0 Å². The molecule has 0 spiro atoms. The molecule has 0 bridgehead atoms. The average molecular weight is 367 g/mol. The third kappa shape index (κ3) is 3.04. The van der Waals surface area contributed by atoms with Gasteiger partial charge in [0.1, 0.15) is 17.0 Å². The Hall–Kier alpha value is -2.64. The van der Waals surface area contributed by atoms with Gasteiger partial charge in [0, 0.05) is 34.3 Å². The number of hydrogen-bond acceptors (Lipinski definition) is 5. The number of carbonyl (C=O) groups excluding carboxylic acids is 1. The smallest absolute Gasteiger partial charge is 0.274 e. The number of fused-ring (bicyclic) bond motifs is 1. The topological polar surface area (TPSA) is 67.2 Å². The second-order valence-corrected chi connectivity index (χ2v) is 6.74. The summed E-state index contributed by atoms with van der Waals surface area (Å²) in [4.78, 5) is 17.3. The maximum Gasteiger partial charge on any atom is 0.274 e. The summed E-state index contributed by atoms with van der Waals surface area (Å²) in [7, 11) is 0. The number of thiocarbonyl (C=S) groups is 1. The summed E-state index contributed by atoms with van der Waals surface area (Å²) in [5, 5.41) is 6.50. The van der Waals surface area contributed by atoms with Crippen molar-refractivity contribution in [3.63, 3.8) is 0 Å². The van der Waals surface area contributed by atoms with Crippen molar-refractivity contribution in [1.29, 1.82) is 0 Å². The van der Waals surface area contributed by atoms with E-state index in [0.29, 0.717) is 16.6 Å². The lowest BCUT2D eigenvalue weighted by Crippen LogP contribution is -2.21. The summed E-state index contributed by atoms with van der Waals surface area (Å²) in [6.07, 6.45) is 7.21. The number of carbonyl (C=O) groups is 1. The van der Waals surface area contributed by atoms with Crippen LogP contribution in [0, 0.1) is 0 Å². The number of nitrogens with zero attached hydrogens (tertiary/aromatic N) is 1. The van der Waals surface area contributed by atoms with Crippen molar-refractivity contribution in [3.05, 3.63) is 54.2 Å². The predicted molar refractivity (Wildman–Crippen MR) is 103 cm³/mol. The van der Waals surface area contributed by atoms with E-state index in [1.54, 1.807) is 30.2 Å². The molecular weight excluding hydrogens is 354 g/mol. The zero-order chi connectivity index (χ0) is 17.4. The van der Waals surface area contributed by atoms with Crippen molar-refractivity contribution < 1.29 is 9.21 Å². The summed E-state index contributed by atoms with van der Waals surface area (Å²) < 4.78 is 5.97. The van der Waals surface area contributed by atoms with Crippen molar-refractivity contribution >= 4 is 52.0 Å². The standard InChI is InChI=1S/C18H13N3O2S2/c1-25-13-4-2-10(3-5-13)14-9-19-8-11-6-12(23-16(11)14)7-15-17(22)21-18(24)20-15/h2-9H,1H3,(H2,20,21,22,24)/b15-7-. The summed E-state index contributed by atoms with van der Waals surface area (Å²) >= 11 is 6.63. The van der Waals surface area contributed by atoms with Crippen LogP contribution in [0.5, 0.6) is 0 Å². The Morgan fingerprint density at radius 1 is 1.20 bits per heavy atom. The van der Waals surface area contributed by atoms with E-state index in [-0.39, 0.29) is 5.91 Å². The number of nitrogens with one attached hydrogen (secondary N) is 2. The fraction of sp³-hybridized carbons (Fsp3) is 0.0556. The summed E-state index contributed by atoms with van der Waals surface area (Å²) in [6.45, 7) is 0. The molecule has 5 nitrogen and oxygen atoms in total. The van der Waals surface area contributed by atoms with Crippen LogP contribution < -0.4 is 10.6 Å². The molecule has 0 atom stereocenters. The number of amides is 1. The minimum atomic E-state index is -0.267. The lowest BCUT2D eigenvalue weighted by molar-refractivity contribution is -0.115. The van der Waals surface area contributed by atoms with Gasteiger partial charge in [-0.1, -0.05) is 12.1 Å². The molecule has 0 radical (unpaired) electrons. The second-order valence-electron chi connectivity index (χ2n) is 5.45. The maximum atomic E-state index is 11.8. The van der Waals surface area contributed by atoms with Crippen molar-refractivity contribution in [3.8, 4) is 11.1 Å². The molecule has 1 aromatic carbocycles. The molecule has 2 N–H and O–H groups in total. The highest BCUT2D eigenvalue weighted by Crippen LogP contribution is 2.31. The van der Waals surface area contributed by atoms with Crippen LogP contribution >= 0.6 is 24.0 Å². The average Bonchev–Trinajstić information content (AvgIpc) is 3.17. The molecular formula is C18H13N3O2S2. The van der Waals surface area contributed by atoms with Gasteiger partial charge in [0.2, 0.25) is 0 Å². The van der Waals surface area contributed by atoms with Crippen LogP contribution in [0.15, 0.2) is 57.7 Å². The summed E-state index contributed by atoms with van der Waals surface area (Å²) in [5.41, 5.74) is 3.04. The van der Waals surface area contributed by atoms with Gasteiger partial charge in [0.05, 0.1) is 0 Å². The van der Waals surface area contributed by atoms with E-state index in [1.807, 2.05) is 24.5 Å². The van der Waals surface area contributed by atoms with Crippen LogP contribution in [-0.4, -0.2) is 22.3 Å². The fourth-order valence-corrected chi connectivity index (χ4v) is 3.27. The van der Waals surface area contributed by atoms with E-state index in [2.05, 4.69) is 27.8 Å². The molecule has 25 heavy (non-hydrogen) atoms. The van der Waals surface area contributed by atoms with Gasteiger partial charge >= 0.3 is 0 Å². The van der Waals surface area contributed by atoms with Crippen molar-refractivity contribution in [2.75, 3.05) is 6.26 Å². The maximum absolute atomic E-state index is 11.8. The minimum absolute atomic E-state index is 0.267. The Balaban J connectivity index is 1.77. The van der Waals surface area contributed by atoms with Crippen LogP contribution in [0.2, 0.25) is 0 Å². The highest BCUT2D eigenvalue weighted by Gasteiger charge is 2.21. The highest BCUT2D eigenvalue weighted by atomic mass is 32.2. The van der Waals surface area contributed by atoms with Gasteiger partial charge in [-0.25, -0.2) is 0 Å². The number of furan rings is 1. The third-order valence-electron chi connectivity index (χ3n) is 3.85. The molecule has 1 fully saturated rings. The lowest BCUT2D eigenvalue weighted by atomic mass is 10.1. The summed E-state index contributed by atoms with van der Waals surface area (Å²) in [6, 6.07) is 10.1. The highest BCUT2D eigenvalue weighted by molar-refractivity contribution is 7.98. The van der Waals surface area contributed by atoms with E-state index in [9.17, 15) is 4.79 Å². The Labute approximate surface area is 153 Å². The fourth-order valence-electron chi connectivity index (χ4n) is 2.65. The zero-order valence-electron chi connectivity index (χ0n) is 13.2. The Bertz CT molecular complexity index is 1020. The van der Waals surface area contributed by atoms with Crippen molar-refractivity contribution in [2.45, 2.75) is 4.90 Å². The Kier molecular flexibility index (Phi) is 4.03. The number of thioether (sulfide) groups is 1. The molecule has 1 amide bonds. The van der Waals surface area contributed by atoms with Gasteiger partial charge in [0.15, 0.2) is 5.11 Å². The molecule has 0 unspecified atom stereocenters. The van der Waals surface area contributed by atoms with Crippen LogP contribution in [-0.2, 0) is 4.79 Å². The first-order valence-corrected chi connectivity index (χ1v) is 9.13. The summed E-state index contributed by atoms with van der Waals surface area (Å²) in [5.74, 6) is 0.295. The first-order chi connectivity index (χ1) is 12.1. The van der Waals surface area contributed by atoms with Crippen LogP contribution in [0.1, 0.15) is 5.76 Å². The molecule has 1 aliphatic heterocycles. The quantitative estimate of drug-likeness (QED) is 0.419. The molecule has 3 heterocycles. The van der Waals surface area contributed by atoms with Gasteiger partial charge in [0.25, 0.3) is 5.91 Å². The third-order valence-corrected chi connectivity index (χ3v) is 4.80. The van der Waals surface area contributed by atoms with Gasteiger partial charge in [-0.15, -0.1) is 11.8 Å². The minimum Gasteiger partial charge on any atom is -0.456 e. The van der Waals surface area contributed by atoms with E-state index >= 15 is 0 Å². The lowest BCUT2D eigenvalue weighted by Gasteiger charge is -2.03. The first-order valence-electron chi connectivity index (χ1n) is 7.50.